The zero-order chi connectivity index (χ0) is 95.6. The average Bonchev–Trinajstić information content (AvgIpc) is 1.61. The zero-order valence-electron chi connectivity index (χ0n) is 80.5. The molecule has 10 nitrogen and oxygen atoms in total. The molecule has 0 bridgehead atoms. The van der Waals surface area contributed by atoms with Crippen LogP contribution in [-0.4, -0.2) is 44.2 Å². The fraction of sp³-hybridized carbons (Fsp3) is 0.385. The first-order chi connectivity index (χ1) is 66.6. The second kappa shape index (κ2) is 58.3. The number of rotatable bonds is 55. The second-order valence-corrected chi connectivity index (χ2v) is 42.6. The highest BCUT2D eigenvalue weighted by Gasteiger charge is 2.30. The van der Waals surface area contributed by atoms with E-state index in [0.29, 0.717) is 54.7 Å². The molecular formula is C117H140Br2F4N8O2S4. The summed E-state index contributed by atoms with van der Waals surface area (Å²) in [6.07, 6.45) is 59.6. The van der Waals surface area contributed by atoms with Gasteiger partial charge < -0.3 is 19.3 Å². The molecule has 0 saturated carbocycles. The summed E-state index contributed by atoms with van der Waals surface area (Å²) in [5.74, 6) is -1.87. The number of aromatic nitrogens is 6. The van der Waals surface area contributed by atoms with E-state index in [1.54, 1.807) is 35.9 Å². The molecule has 0 atom stereocenters. The molecule has 20 heteroatoms. The van der Waals surface area contributed by atoms with Crippen LogP contribution in [0, 0.1) is 30.2 Å². The molecule has 0 unspecified atom stereocenters. The van der Waals surface area contributed by atoms with Crippen molar-refractivity contribution in [3.05, 3.63) is 276 Å². The Balaban J connectivity index is 0.000000221. The Kier molecular flexibility index (Phi) is 45.8. The van der Waals surface area contributed by atoms with Gasteiger partial charge in [-0.2, -0.15) is 30.0 Å². The molecule has 726 valence electrons. The van der Waals surface area contributed by atoms with Crippen molar-refractivity contribution >= 4 is 164 Å². The van der Waals surface area contributed by atoms with Crippen LogP contribution in [0.4, 0.5) is 51.7 Å². The summed E-state index contributed by atoms with van der Waals surface area (Å²) in [5.41, 5.74) is 13.0. The molecular weight excluding hydrogens is 1910 g/mol. The monoisotopic (exact) mass is 2050 g/mol. The molecule has 14 rings (SSSR count). The lowest BCUT2D eigenvalue weighted by atomic mass is 10.0. The van der Waals surface area contributed by atoms with Crippen LogP contribution in [0.3, 0.4) is 0 Å². The molecule has 6 aromatic heterocycles. The van der Waals surface area contributed by atoms with Gasteiger partial charge >= 0.3 is 0 Å². The quantitative estimate of drug-likeness (QED) is 0.0275. The van der Waals surface area contributed by atoms with Crippen molar-refractivity contribution in [3.8, 4) is 53.3 Å². The molecule has 6 heterocycles. The van der Waals surface area contributed by atoms with Gasteiger partial charge in [-0.1, -0.05) is 332 Å². The van der Waals surface area contributed by atoms with E-state index >= 15 is 17.6 Å². The summed E-state index contributed by atoms with van der Waals surface area (Å²) >= 11 is 12.5. The van der Waals surface area contributed by atoms with Gasteiger partial charge in [-0.25, -0.2) is 17.6 Å². The molecule has 8 aromatic carbocycles. The third kappa shape index (κ3) is 32.1. The third-order valence-electron chi connectivity index (χ3n) is 25.0. The van der Waals surface area contributed by atoms with E-state index in [-0.39, 0.29) is 29.7 Å². The number of methoxy groups -OCH3 is 2. The van der Waals surface area contributed by atoms with Crippen LogP contribution in [0.25, 0.3) is 94.2 Å². The van der Waals surface area contributed by atoms with Crippen LogP contribution in [0.2, 0.25) is 0 Å². The highest BCUT2D eigenvalue weighted by Crippen LogP contribution is 2.47. The maximum absolute atomic E-state index is 16.4. The Morgan fingerprint density at radius 1 is 0.314 bits per heavy atom. The van der Waals surface area contributed by atoms with Crippen molar-refractivity contribution in [1.82, 2.24) is 30.0 Å². The molecule has 0 aliphatic rings. The van der Waals surface area contributed by atoms with E-state index in [1.165, 1.54) is 251 Å². The van der Waals surface area contributed by atoms with Crippen LogP contribution in [0.5, 0.6) is 11.5 Å². The lowest BCUT2D eigenvalue weighted by Gasteiger charge is -2.26. The Morgan fingerprint density at radius 3 is 0.832 bits per heavy atom. The van der Waals surface area contributed by atoms with Crippen LogP contribution in [-0.2, 0) is 13.1 Å². The molecule has 0 radical (unpaired) electrons. The van der Waals surface area contributed by atoms with Crippen molar-refractivity contribution in [2.75, 3.05) is 24.0 Å². The number of unbranched alkanes of at least 4 members (excludes halogenated alkanes) is 34. The number of ether oxygens (including phenoxy) is 2. The van der Waals surface area contributed by atoms with Crippen molar-refractivity contribution in [1.29, 1.82) is 0 Å². The smallest absolute Gasteiger partial charge is 0.170 e. The molecule has 137 heavy (non-hydrogen) atoms. The standard InChI is InChI=1S/C59H70F2N4OS2.C34H45Br2F2N3S2.C23H21NO.CH4/c1-5-7-8-9-10-11-12-13-14-15-16-17-18-19-20-21-22-23-43-64-62-58-54(52-41-25-44(3)67-52)56(60)57(61)55(59(58)63-64)53-42-40-51(68-53)39-30-46-28-33-48(34-29-46)65(49-35-37-50(66-4)38-36-49)47-31-26-45(24-6-2)27-32-47;1-2-3-4-5-6-7-8-9-10-11-12-13-14-15-16-17-18-19-24-41-39-33-29(25-20-22-27(35)42-25)31(37)32(38)30(34(33)40-41)26-21-23-28(36)43-26;1-4-18-6-10-20(11-7-18)24(21-12-8-19(5-2)9-13-21)22-14-16-23(25-3)17-15-22;/h6,24-42H,5,7-23,43H2,1-4H3;20-23H,2-19,24H2,1H3;4-17H,1-2H2,3H3;1H4/b24-6+,39-30+;;;. The molecule has 0 fully saturated rings. The first kappa shape index (κ1) is 108. The number of thiophene rings is 4. The molecule has 0 aliphatic carbocycles. The second-order valence-electron chi connectivity index (χ2n) is 35.3. The van der Waals surface area contributed by atoms with E-state index in [0.717, 1.165) is 111 Å². The third-order valence-corrected chi connectivity index (χ3v) is 30.3. The summed E-state index contributed by atoms with van der Waals surface area (Å²) in [4.78, 5) is 12.2. The van der Waals surface area contributed by atoms with Gasteiger partial charge in [0.25, 0.3) is 0 Å². The summed E-state index contributed by atoms with van der Waals surface area (Å²) in [6, 6.07) is 64.6. The van der Waals surface area contributed by atoms with Crippen molar-refractivity contribution in [2.24, 2.45) is 0 Å². The average molecular weight is 2050 g/mol. The molecule has 0 saturated heterocycles. The maximum atomic E-state index is 16.4. The molecule has 0 N–H and O–H groups in total. The number of fused-ring (bicyclic) bond motifs is 2. The predicted octanol–water partition coefficient (Wildman–Crippen LogP) is 40.0. The van der Waals surface area contributed by atoms with E-state index in [2.05, 4.69) is 196 Å². The minimum Gasteiger partial charge on any atom is -0.497 e. The Hall–Kier alpha value is -9.80. The number of halogens is 6. The SMILES string of the molecule is C.C/C=C/c1ccc(N(c2ccc(/C=C/c3ccc(-c4c(F)c(F)c(-c5ccc(C)s5)c5nn(CCCCCCCCCCCCCCCCCCCC)nc45)s3)cc2)c2ccc(OC)cc2)cc1.C=Cc1ccc(N(c2ccc(C=C)cc2)c2ccc(OC)cc2)cc1.CCCCCCCCCCCCCCCCCCCCn1nc2c(-c3ccc(Br)s3)c(F)c(F)c(-c3ccc(Br)s3)c2n1. The number of hydrogen-bond acceptors (Lipinski definition) is 12. The van der Waals surface area contributed by atoms with Crippen molar-refractivity contribution in [2.45, 2.75) is 279 Å². The van der Waals surface area contributed by atoms with Crippen LogP contribution in [0.15, 0.2) is 221 Å². The van der Waals surface area contributed by atoms with Crippen molar-refractivity contribution < 1.29 is 27.0 Å². The summed E-state index contributed by atoms with van der Waals surface area (Å²) in [6.45, 7) is 17.4. The van der Waals surface area contributed by atoms with Gasteiger partial charge in [0.15, 0.2) is 23.3 Å². The molecule has 14 aromatic rings. The number of aryl methyl sites for hydroxylation is 3. The Morgan fingerprint density at radius 2 is 0.569 bits per heavy atom. The first-order valence-electron chi connectivity index (χ1n) is 49.6. The molecule has 0 aliphatic heterocycles. The maximum Gasteiger partial charge on any atom is 0.170 e. The number of allylic oxidation sites excluding steroid dienone is 1. The number of benzene rings is 8. The van der Waals surface area contributed by atoms with Gasteiger partial charge in [-0.15, -0.1) is 45.3 Å². The van der Waals surface area contributed by atoms with Gasteiger partial charge in [-0.05, 0) is 232 Å². The van der Waals surface area contributed by atoms with Gasteiger partial charge in [0.05, 0.1) is 57.1 Å². The van der Waals surface area contributed by atoms with Crippen LogP contribution in [0.1, 0.15) is 291 Å². The number of anilines is 6. The highest BCUT2D eigenvalue weighted by molar-refractivity contribution is 9.11. The fourth-order valence-electron chi connectivity index (χ4n) is 17.4. The van der Waals surface area contributed by atoms with Crippen LogP contribution < -0.4 is 19.3 Å². The van der Waals surface area contributed by atoms with E-state index < -0.39 is 23.3 Å². The van der Waals surface area contributed by atoms with Crippen LogP contribution >= 0.6 is 77.2 Å². The van der Waals surface area contributed by atoms with E-state index in [1.807, 2.05) is 105 Å². The first-order valence-corrected chi connectivity index (χ1v) is 54.5. The lowest BCUT2D eigenvalue weighted by Crippen LogP contribution is -2.09. The minimum atomic E-state index is -0.885. The lowest BCUT2D eigenvalue weighted by molar-refractivity contribution is 0.414. The van der Waals surface area contributed by atoms with E-state index in [9.17, 15) is 0 Å². The summed E-state index contributed by atoms with van der Waals surface area (Å²) < 4.78 is 76.3. The largest absolute Gasteiger partial charge is 0.497 e. The molecule has 0 spiro atoms. The number of nitrogens with zero attached hydrogens (tertiary/aromatic N) is 8. The highest BCUT2D eigenvalue weighted by atomic mass is 79.9. The minimum absolute atomic E-state index is 0. The normalized spacial score (nSPS) is 11.4. The van der Waals surface area contributed by atoms with Gasteiger partial charge in [-0.3, -0.25) is 0 Å². The Bertz CT molecular complexity index is 5860. The van der Waals surface area contributed by atoms with Gasteiger partial charge in [0.1, 0.15) is 33.6 Å². The van der Waals surface area contributed by atoms with Crippen molar-refractivity contribution in [3.63, 3.8) is 0 Å². The summed E-state index contributed by atoms with van der Waals surface area (Å²) in [5, 5.41) is 19.1. The van der Waals surface area contributed by atoms with E-state index in [4.69, 9.17) is 29.9 Å². The molecule has 0 amide bonds. The predicted molar refractivity (Wildman–Crippen MR) is 592 cm³/mol. The number of hydrogen-bond donors (Lipinski definition) is 0. The fourth-order valence-corrected chi connectivity index (χ4v) is 22.1. The Labute approximate surface area is 846 Å². The summed E-state index contributed by atoms with van der Waals surface area (Å²) in [7, 11) is 3.35. The topological polar surface area (TPSA) is 86.4 Å². The van der Waals surface area contributed by atoms with Gasteiger partial charge in [0.2, 0.25) is 0 Å². The zero-order valence-corrected chi connectivity index (χ0v) is 87.0. The van der Waals surface area contributed by atoms with Gasteiger partial charge in [0, 0.05) is 63.4 Å².